The molecule has 0 radical (unpaired) electrons. The first-order valence-electron chi connectivity index (χ1n) is 17.6. The number of benzene rings is 2. The van der Waals surface area contributed by atoms with E-state index in [9.17, 15) is 34.2 Å². The van der Waals surface area contributed by atoms with E-state index in [1.807, 2.05) is 64.1 Å². The smallest absolute Gasteiger partial charge is 0.326 e. The molecule has 0 aliphatic carbocycles. The summed E-state index contributed by atoms with van der Waals surface area (Å²) in [7, 11) is 0. The first-order valence-corrected chi connectivity index (χ1v) is 17.6. The SMILES string of the molecule is CCOc1cccc(CC(=O)NC(C(=O)NC(Cc2ccccc2)C(O)CC(=O)N[C@H](C(=O)N[C@H](C(=O)O)C(C)C)[C@@H](C)CC)C(C)CC)c1. The fraction of sp³-hybridized carbons (Fsp3) is 0.553. The van der Waals surface area contributed by atoms with E-state index in [-0.39, 0.29) is 36.5 Å². The number of nitrogens with one attached hydrogen (secondary N) is 4. The molecule has 12 nitrogen and oxygen atoms in total. The summed E-state index contributed by atoms with van der Waals surface area (Å²) >= 11 is 0. The van der Waals surface area contributed by atoms with Crippen molar-refractivity contribution in [1.82, 2.24) is 21.3 Å². The quantitative estimate of drug-likeness (QED) is 0.115. The van der Waals surface area contributed by atoms with Gasteiger partial charge in [-0.3, -0.25) is 19.2 Å². The Labute approximate surface area is 296 Å². The summed E-state index contributed by atoms with van der Waals surface area (Å²) < 4.78 is 5.54. The van der Waals surface area contributed by atoms with Gasteiger partial charge in [-0.05, 0) is 54.4 Å². The summed E-state index contributed by atoms with van der Waals surface area (Å²) in [5.41, 5.74) is 1.54. The van der Waals surface area contributed by atoms with E-state index in [1.54, 1.807) is 39.0 Å². The highest BCUT2D eigenvalue weighted by molar-refractivity contribution is 5.91. The fourth-order valence-electron chi connectivity index (χ4n) is 5.47. The molecule has 2 aromatic carbocycles. The van der Waals surface area contributed by atoms with Crippen molar-refractivity contribution in [2.75, 3.05) is 6.61 Å². The zero-order valence-electron chi connectivity index (χ0n) is 30.4. The lowest BCUT2D eigenvalue weighted by Gasteiger charge is -2.30. The molecule has 6 N–H and O–H groups in total. The zero-order chi connectivity index (χ0) is 37.4. The highest BCUT2D eigenvalue weighted by Gasteiger charge is 2.34. The standard InChI is InChI=1S/C38H56N4O8/c1-8-24(6)34(40-31(44)21-27-17-14-18-28(19-27)50-10-3)36(46)39-29(20-26-15-12-11-13-16-26)30(43)22-32(45)41-35(25(7)9-2)37(47)42-33(23(4)5)38(48)49/h11-19,23-25,29-30,33-35,43H,8-10,20-22H2,1-7H3,(H,39,46)(H,40,44)(H,41,45)(H,42,47)(H,48,49)/t24?,25-,29?,30?,33-,34?,35-/m0/s1. The predicted octanol–water partition coefficient (Wildman–Crippen LogP) is 3.39. The Balaban J connectivity index is 2.24. The summed E-state index contributed by atoms with van der Waals surface area (Å²) in [6.07, 6.45) is -0.472. The van der Waals surface area contributed by atoms with Crippen LogP contribution < -0.4 is 26.0 Å². The Morgan fingerprint density at radius 3 is 1.80 bits per heavy atom. The van der Waals surface area contributed by atoms with Gasteiger partial charge in [0.05, 0.1) is 31.6 Å². The Morgan fingerprint density at radius 1 is 0.700 bits per heavy atom. The maximum Gasteiger partial charge on any atom is 0.326 e. The molecule has 0 aromatic heterocycles. The minimum Gasteiger partial charge on any atom is -0.494 e. The van der Waals surface area contributed by atoms with E-state index in [0.717, 1.165) is 11.1 Å². The van der Waals surface area contributed by atoms with E-state index in [4.69, 9.17) is 4.74 Å². The van der Waals surface area contributed by atoms with Gasteiger partial charge in [0.25, 0.3) is 0 Å². The second-order valence-corrected chi connectivity index (χ2v) is 13.3. The number of ether oxygens (including phenoxy) is 1. The van der Waals surface area contributed by atoms with Crippen molar-refractivity contribution in [3.05, 3.63) is 65.7 Å². The Bertz CT molecular complexity index is 1400. The van der Waals surface area contributed by atoms with Gasteiger partial charge in [-0.1, -0.05) is 96.8 Å². The van der Waals surface area contributed by atoms with Crippen LogP contribution in [0.5, 0.6) is 5.75 Å². The van der Waals surface area contributed by atoms with Crippen LogP contribution in [0, 0.1) is 17.8 Å². The monoisotopic (exact) mass is 696 g/mol. The number of hydrogen-bond acceptors (Lipinski definition) is 7. The third-order valence-electron chi connectivity index (χ3n) is 8.91. The summed E-state index contributed by atoms with van der Waals surface area (Å²) in [6.45, 7) is 13.1. The molecular weight excluding hydrogens is 640 g/mol. The maximum atomic E-state index is 13.8. The zero-order valence-corrected chi connectivity index (χ0v) is 30.4. The van der Waals surface area contributed by atoms with Gasteiger partial charge in [-0.25, -0.2) is 4.79 Å². The summed E-state index contributed by atoms with van der Waals surface area (Å²) in [5.74, 6) is -3.62. The second-order valence-electron chi connectivity index (χ2n) is 13.3. The highest BCUT2D eigenvalue weighted by Crippen LogP contribution is 2.17. The minimum absolute atomic E-state index is 0.0344. The molecule has 0 spiro atoms. The number of rotatable bonds is 21. The molecule has 0 aliphatic rings. The van der Waals surface area contributed by atoms with E-state index < -0.39 is 60.4 Å². The molecule has 0 saturated heterocycles. The van der Waals surface area contributed by atoms with E-state index in [2.05, 4.69) is 21.3 Å². The van der Waals surface area contributed by atoms with Gasteiger partial charge in [0.1, 0.15) is 23.9 Å². The third-order valence-corrected chi connectivity index (χ3v) is 8.91. The van der Waals surface area contributed by atoms with Gasteiger partial charge >= 0.3 is 5.97 Å². The van der Waals surface area contributed by atoms with Crippen LogP contribution in [-0.4, -0.2) is 76.7 Å². The van der Waals surface area contributed by atoms with Crippen molar-refractivity contribution in [3.63, 3.8) is 0 Å². The Hall–Kier alpha value is -4.45. The number of amides is 4. The Morgan fingerprint density at radius 2 is 1.26 bits per heavy atom. The molecule has 12 heteroatoms. The van der Waals surface area contributed by atoms with Crippen LogP contribution in [0.15, 0.2) is 54.6 Å². The fourth-order valence-corrected chi connectivity index (χ4v) is 5.47. The molecule has 0 fully saturated rings. The molecule has 276 valence electrons. The van der Waals surface area contributed by atoms with Crippen molar-refractivity contribution < 1.29 is 38.9 Å². The number of aliphatic hydroxyl groups is 1. The summed E-state index contributed by atoms with van der Waals surface area (Å²) in [6, 6.07) is 12.4. The topological polar surface area (TPSA) is 183 Å². The molecule has 4 amide bonds. The minimum atomic E-state index is -1.36. The van der Waals surface area contributed by atoms with E-state index in [0.29, 0.717) is 25.2 Å². The average molecular weight is 697 g/mol. The molecule has 4 unspecified atom stereocenters. The lowest BCUT2D eigenvalue weighted by molar-refractivity contribution is -0.143. The number of aliphatic hydroxyl groups excluding tert-OH is 1. The maximum absolute atomic E-state index is 13.8. The predicted molar refractivity (Wildman–Crippen MR) is 191 cm³/mol. The first-order chi connectivity index (χ1) is 23.7. The van der Waals surface area contributed by atoms with Gasteiger partial charge in [0.15, 0.2) is 0 Å². The van der Waals surface area contributed by atoms with Gasteiger partial charge in [-0.15, -0.1) is 0 Å². The van der Waals surface area contributed by atoms with Crippen LogP contribution in [0.1, 0.15) is 78.9 Å². The van der Waals surface area contributed by atoms with E-state index >= 15 is 0 Å². The largest absolute Gasteiger partial charge is 0.494 e. The van der Waals surface area contributed by atoms with Crippen LogP contribution in [0.4, 0.5) is 0 Å². The lowest BCUT2D eigenvalue weighted by Crippen LogP contribution is -2.57. The third kappa shape index (κ3) is 13.5. The molecule has 2 aromatic rings. The average Bonchev–Trinajstić information content (AvgIpc) is 3.07. The molecule has 2 rings (SSSR count). The summed E-state index contributed by atoms with van der Waals surface area (Å²) in [4.78, 5) is 65.2. The van der Waals surface area contributed by atoms with E-state index in [1.165, 1.54) is 0 Å². The number of carboxylic acids is 1. The molecule has 50 heavy (non-hydrogen) atoms. The lowest BCUT2D eigenvalue weighted by atomic mass is 9.94. The van der Waals surface area contributed by atoms with Crippen LogP contribution in [0.3, 0.4) is 0 Å². The number of carbonyl (C=O) groups excluding carboxylic acids is 4. The normalized spacial score (nSPS) is 15.4. The van der Waals surface area contributed by atoms with Crippen LogP contribution in [-0.2, 0) is 36.8 Å². The molecular formula is C38H56N4O8. The van der Waals surface area contributed by atoms with Crippen molar-refractivity contribution in [2.24, 2.45) is 17.8 Å². The number of carbonyl (C=O) groups is 5. The van der Waals surface area contributed by atoms with Gasteiger partial charge < -0.3 is 36.2 Å². The van der Waals surface area contributed by atoms with Gasteiger partial charge in [0.2, 0.25) is 23.6 Å². The van der Waals surface area contributed by atoms with Gasteiger partial charge in [-0.2, -0.15) is 0 Å². The summed E-state index contributed by atoms with van der Waals surface area (Å²) in [5, 5.41) is 31.9. The van der Waals surface area contributed by atoms with Crippen LogP contribution in [0.2, 0.25) is 0 Å². The first kappa shape index (κ1) is 41.7. The van der Waals surface area contributed by atoms with Crippen molar-refractivity contribution in [3.8, 4) is 5.75 Å². The number of aliphatic carboxylic acids is 1. The molecule has 0 aliphatic heterocycles. The molecule has 0 bridgehead atoms. The van der Waals surface area contributed by atoms with Crippen molar-refractivity contribution in [2.45, 2.75) is 111 Å². The van der Waals surface area contributed by atoms with Crippen molar-refractivity contribution in [1.29, 1.82) is 0 Å². The highest BCUT2D eigenvalue weighted by atomic mass is 16.5. The second kappa shape index (κ2) is 20.9. The van der Waals surface area contributed by atoms with Gasteiger partial charge in [0, 0.05) is 0 Å². The van der Waals surface area contributed by atoms with Crippen molar-refractivity contribution >= 4 is 29.6 Å². The van der Waals surface area contributed by atoms with Crippen LogP contribution >= 0.6 is 0 Å². The Kier molecular flexibility index (Phi) is 17.5. The number of hydrogen-bond donors (Lipinski definition) is 6. The van der Waals surface area contributed by atoms with Crippen LogP contribution in [0.25, 0.3) is 0 Å². The molecule has 0 heterocycles. The molecule has 0 saturated carbocycles. The number of carboxylic acid groups (broad SMARTS) is 1. The molecule has 7 atom stereocenters.